The minimum absolute atomic E-state index is 0.112. The van der Waals surface area contributed by atoms with E-state index in [0.717, 1.165) is 17.1 Å². The van der Waals surface area contributed by atoms with Crippen molar-refractivity contribution >= 4 is 17.7 Å². The van der Waals surface area contributed by atoms with Crippen LogP contribution >= 0.6 is 11.8 Å². The number of carboxylic acids is 1. The van der Waals surface area contributed by atoms with Gasteiger partial charge in [0.05, 0.1) is 6.42 Å². The van der Waals surface area contributed by atoms with Gasteiger partial charge < -0.3 is 5.11 Å². The van der Waals surface area contributed by atoms with Crippen LogP contribution in [0.15, 0.2) is 24.3 Å². The molecule has 0 aliphatic heterocycles. The van der Waals surface area contributed by atoms with Crippen LogP contribution in [0.3, 0.4) is 0 Å². The van der Waals surface area contributed by atoms with Gasteiger partial charge in [-0.05, 0) is 16.9 Å². The molecule has 0 saturated heterocycles. The Hall–Kier alpha value is -0.960. The van der Waals surface area contributed by atoms with E-state index in [4.69, 9.17) is 5.11 Å². The van der Waals surface area contributed by atoms with Crippen molar-refractivity contribution in [3.05, 3.63) is 35.4 Å². The molecule has 1 aromatic rings. The Bertz CT molecular complexity index is 293. The Morgan fingerprint density at radius 3 is 2.36 bits per heavy atom. The molecule has 0 saturated carbocycles. The topological polar surface area (TPSA) is 37.3 Å². The van der Waals surface area contributed by atoms with Gasteiger partial charge in [0, 0.05) is 5.75 Å². The fraction of sp³-hybridized carbons (Fsp3) is 0.364. The van der Waals surface area contributed by atoms with E-state index in [0.29, 0.717) is 0 Å². The lowest BCUT2D eigenvalue weighted by molar-refractivity contribution is -0.136. The van der Waals surface area contributed by atoms with E-state index in [2.05, 4.69) is 6.92 Å². The highest BCUT2D eigenvalue weighted by molar-refractivity contribution is 7.98. The second-order valence-corrected chi connectivity index (χ2v) is 4.30. The number of hydrogen-bond acceptors (Lipinski definition) is 2. The Labute approximate surface area is 88.3 Å². The summed E-state index contributed by atoms with van der Waals surface area (Å²) in [5.74, 6) is 1.33. The van der Waals surface area contributed by atoms with Gasteiger partial charge in [-0.1, -0.05) is 31.2 Å². The second kappa shape index (κ2) is 5.70. The average Bonchev–Trinajstić information content (AvgIpc) is 2.16. The van der Waals surface area contributed by atoms with Gasteiger partial charge in [-0.15, -0.1) is 0 Å². The van der Waals surface area contributed by atoms with Gasteiger partial charge in [-0.25, -0.2) is 0 Å². The number of benzene rings is 1. The van der Waals surface area contributed by atoms with Crippen molar-refractivity contribution in [1.82, 2.24) is 0 Å². The lowest BCUT2D eigenvalue weighted by atomic mass is 10.1. The van der Waals surface area contributed by atoms with E-state index in [1.54, 1.807) is 0 Å². The van der Waals surface area contributed by atoms with E-state index in [1.165, 1.54) is 5.56 Å². The van der Waals surface area contributed by atoms with Gasteiger partial charge in [-0.2, -0.15) is 11.8 Å². The first kappa shape index (κ1) is 11.1. The molecule has 1 rings (SSSR count). The van der Waals surface area contributed by atoms with E-state index >= 15 is 0 Å². The van der Waals surface area contributed by atoms with Gasteiger partial charge >= 0.3 is 5.97 Å². The van der Waals surface area contributed by atoms with Crippen molar-refractivity contribution in [2.45, 2.75) is 19.1 Å². The van der Waals surface area contributed by atoms with Crippen LogP contribution in [0.25, 0.3) is 0 Å². The van der Waals surface area contributed by atoms with E-state index in [-0.39, 0.29) is 6.42 Å². The van der Waals surface area contributed by atoms with Crippen molar-refractivity contribution in [2.75, 3.05) is 5.75 Å². The number of thioether (sulfide) groups is 1. The molecule has 3 heteroatoms. The normalized spacial score (nSPS) is 10.1. The van der Waals surface area contributed by atoms with Crippen molar-refractivity contribution in [3.63, 3.8) is 0 Å². The van der Waals surface area contributed by atoms with Crippen LogP contribution in [0.4, 0.5) is 0 Å². The van der Waals surface area contributed by atoms with E-state index in [1.807, 2.05) is 36.0 Å². The summed E-state index contributed by atoms with van der Waals surface area (Å²) < 4.78 is 0. The monoisotopic (exact) mass is 210 g/mol. The molecule has 1 aromatic carbocycles. The van der Waals surface area contributed by atoms with Crippen molar-refractivity contribution in [1.29, 1.82) is 0 Å². The quantitative estimate of drug-likeness (QED) is 0.811. The molecule has 0 aliphatic rings. The zero-order valence-electron chi connectivity index (χ0n) is 8.19. The highest BCUT2D eigenvalue weighted by atomic mass is 32.2. The summed E-state index contributed by atoms with van der Waals surface area (Å²) in [6, 6.07) is 7.78. The fourth-order valence-electron chi connectivity index (χ4n) is 1.15. The highest BCUT2D eigenvalue weighted by Crippen LogP contribution is 2.12. The van der Waals surface area contributed by atoms with Gasteiger partial charge in [0.25, 0.3) is 0 Å². The van der Waals surface area contributed by atoms with E-state index < -0.39 is 5.97 Å². The number of carboxylic acid groups (broad SMARTS) is 1. The van der Waals surface area contributed by atoms with E-state index in [9.17, 15) is 4.79 Å². The third kappa shape index (κ3) is 3.83. The average molecular weight is 210 g/mol. The van der Waals surface area contributed by atoms with Crippen LogP contribution in [0, 0.1) is 0 Å². The van der Waals surface area contributed by atoms with Gasteiger partial charge in [0.1, 0.15) is 0 Å². The first-order valence-electron chi connectivity index (χ1n) is 4.59. The zero-order chi connectivity index (χ0) is 10.4. The first-order chi connectivity index (χ1) is 6.72. The molecule has 2 nitrogen and oxygen atoms in total. The van der Waals surface area contributed by atoms with Gasteiger partial charge in [-0.3, -0.25) is 4.79 Å². The summed E-state index contributed by atoms with van der Waals surface area (Å²) in [5, 5.41) is 8.57. The van der Waals surface area contributed by atoms with Gasteiger partial charge in [0.2, 0.25) is 0 Å². The van der Waals surface area contributed by atoms with Crippen LogP contribution < -0.4 is 0 Å². The van der Waals surface area contributed by atoms with Crippen LogP contribution in [-0.2, 0) is 17.0 Å². The summed E-state index contributed by atoms with van der Waals surface area (Å²) in [6.45, 7) is 2.13. The molecule has 1 N–H and O–H groups in total. The number of aliphatic carboxylic acids is 1. The van der Waals surface area contributed by atoms with Crippen LogP contribution in [0.2, 0.25) is 0 Å². The molecule has 0 bridgehead atoms. The maximum atomic E-state index is 10.4. The molecule has 14 heavy (non-hydrogen) atoms. The second-order valence-electron chi connectivity index (χ2n) is 3.02. The third-order valence-corrected chi connectivity index (χ3v) is 2.80. The maximum Gasteiger partial charge on any atom is 0.307 e. The first-order valence-corrected chi connectivity index (χ1v) is 5.75. The van der Waals surface area contributed by atoms with Gasteiger partial charge in [0.15, 0.2) is 0 Å². The lowest BCUT2D eigenvalue weighted by Crippen LogP contribution is -1.99. The molecule has 76 valence electrons. The SMILES string of the molecule is CCSCc1ccc(CC(=O)O)cc1. The van der Waals surface area contributed by atoms with Crippen LogP contribution in [-0.4, -0.2) is 16.8 Å². The molecule has 0 spiro atoms. The van der Waals surface area contributed by atoms with Crippen molar-refractivity contribution in [3.8, 4) is 0 Å². The standard InChI is InChI=1S/C11H14O2S/c1-2-14-8-10-5-3-9(4-6-10)7-11(12)13/h3-6H,2,7-8H2,1H3,(H,12,13). The number of carbonyl (C=O) groups is 1. The van der Waals surface area contributed by atoms with Crippen molar-refractivity contribution in [2.24, 2.45) is 0 Å². The maximum absolute atomic E-state index is 10.4. The molecule has 0 radical (unpaired) electrons. The molecule has 0 unspecified atom stereocenters. The van der Waals surface area contributed by atoms with Crippen LogP contribution in [0.1, 0.15) is 18.1 Å². The Morgan fingerprint density at radius 1 is 1.29 bits per heavy atom. The number of rotatable bonds is 5. The minimum atomic E-state index is -0.777. The van der Waals surface area contributed by atoms with Crippen LogP contribution in [0.5, 0.6) is 0 Å². The molecule has 0 aromatic heterocycles. The predicted octanol–water partition coefficient (Wildman–Crippen LogP) is 2.57. The molecule has 0 fully saturated rings. The Morgan fingerprint density at radius 2 is 1.86 bits per heavy atom. The molecule has 0 heterocycles. The third-order valence-electron chi connectivity index (χ3n) is 1.85. The minimum Gasteiger partial charge on any atom is -0.481 e. The Kier molecular flexibility index (Phi) is 4.53. The smallest absolute Gasteiger partial charge is 0.307 e. The summed E-state index contributed by atoms with van der Waals surface area (Å²) in [7, 11) is 0. The molecule has 0 aliphatic carbocycles. The summed E-state index contributed by atoms with van der Waals surface area (Å²) >= 11 is 1.86. The zero-order valence-corrected chi connectivity index (χ0v) is 9.01. The summed E-state index contributed by atoms with van der Waals surface area (Å²) in [6.07, 6.45) is 0.112. The summed E-state index contributed by atoms with van der Waals surface area (Å²) in [4.78, 5) is 10.4. The Balaban J connectivity index is 2.54. The largest absolute Gasteiger partial charge is 0.481 e. The lowest BCUT2D eigenvalue weighted by Gasteiger charge is -2.01. The predicted molar refractivity (Wildman–Crippen MR) is 59.6 cm³/mol. The highest BCUT2D eigenvalue weighted by Gasteiger charge is 1.99. The molecular formula is C11H14O2S. The molecule has 0 atom stereocenters. The fourth-order valence-corrected chi connectivity index (χ4v) is 1.78. The number of hydrogen-bond donors (Lipinski definition) is 1. The van der Waals surface area contributed by atoms with Crippen molar-refractivity contribution < 1.29 is 9.90 Å². The molecular weight excluding hydrogens is 196 g/mol. The molecule has 0 amide bonds. The summed E-state index contributed by atoms with van der Waals surface area (Å²) in [5.41, 5.74) is 2.12.